The Balaban J connectivity index is 1.53. The molecular formula is C15H16N2O2. The second kappa shape index (κ2) is 4.10. The third kappa shape index (κ3) is 1.83. The van der Waals surface area contributed by atoms with E-state index >= 15 is 0 Å². The lowest BCUT2D eigenvalue weighted by molar-refractivity contribution is 0.0925. The Morgan fingerprint density at radius 1 is 1.32 bits per heavy atom. The molecule has 1 aliphatic heterocycles. The third-order valence-electron chi connectivity index (χ3n) is 4.40. The molecule has 2 fully saturated rings. The fraction of sp³-hybridized carbons (Fsp3) is 0.400. The van der Waals surface area contributed by atoms with Gasteiger partial charge in [0.05, 0.1) is 6.26 Å². The highest BCUT2D eigenvalue weighted by molar-refractivity contribution is 5.97. The van der Waals surface area contributed by atoms with Crippen molar-refractivity contribution in [1.82, 2.24) is 10.6 Å². The van der Waals surface area contributed by atoms with E-state index in [1.54, 1.807) is 6.26 Å². The molecule has 1 saturated carbocycles. The number of carbonyl (C=O) groups is 1. The molecule has 0 spiro atoms. The van der Waals surface area contributed by atoms with Crippen LogP contribution >= 0.6 is 0 Å². The summed E-state index contributed by atoms with van der Waals surface area (Å²) >= 11 is 0. The number of fused-ring (bicyclic) bond motifs is 3. The van der Waals surface area contributed by atoms with Crippen LogP contribution in [0.2, 0.25) is 0 Å². The summed E-state index contributed by atoms with van der Waals surface area (Å²) in [5.74, 6) is 0.608. The second-order valence-corrected chi connectivity index (χ2v) is 5.59. The van der Waals surface area contributed by atoms with Crippen LogP contribution in [0.1, 0.15) is 23.2 Å². The summed E-state index contributed by atoms with van der Waals surface area (Å²) in [6, 6.07) is 8.43. The smallest absolute Gasteiger partial charge is 0.251 e. The van der Waals surface area contributed by atoms with Crippen molar-refractivity contribution >= 4 is 16.9 Å². The van der Waals surface area contributed by atoms with E-state index in [1.165, 1.54) is 6.42 Å². The number of piperidine rings is 1. The summed E-state index contributed by atoms with van der Waals surface area (Å²) < 4.78 is 5.34. The summed E-state index contributed by atoms with van der Waals surface area (Å²) in [6.07, 6.45) is 3.90. The molecule has 1 aromatic carbocycles. The fourth-order valence-corrected chi connectivity index (χ4v) is 3.36. The molecule has 4 heteroatoms. The van der Waals surface area contributed by atoms with Crippen molar-refractivity contribution in [3.8, 4) is 0 Å². The lowest BCUT2D eigenvalue weighted by Crippen LogP contribution is -2.44. The summed E-state index contributed by atoms with van der Waals surface area (Å²) in [6.45, 7) is 1.03. The van der Waals surface area contributed by atoms with Crippen molar-refractivity contribution in [2.75, 3.05) is 6.54 Å². The highest BCUT2D eigenvalue weighted by atomic mass is 16.3. The van der Waals surface area contributed by atoms with E-state index in [-0.39, 0.29) is 5.91 Å². The molecule has 3 atom stereocenters. The van der Waals surface area contributed by atoms with Gasteiger partial charge >= 0.3 is 0 Å². The summed E-state index contributed by atoms with van der Waals surface area (Å²) in [5.41, 5.74) is 1.44. The van der Waals surface area contributed by atoms with Gasteiger partial charge in [0.25, 0.3) is 5.91 Å². The van der Waals surface area contributed by atoms with Gasteiger partial charge in [0.1, 0.15) is 5.58 Å². The Kier molecular flexibility index (Phi) is 2.38. The Morgan fingerprint density at radius 2 is 2.26 bits per heavy atom. The van der Waals surface area contributed by atoms with E-state index < -0.39 is 0 Å². The first-order valence-corrected chi connectivity index (χ1v) is 6.81. The minimum absolute atomic E-state index is 0.0100. The van der Waals surface area contributed by atoms with Crippen LogP contribution in [-0.2, 0) is 0 Å². The van der Waals surface area contributed by atoms with Crippen LogP contribution in [0.5, 0.6) is 0 Å². The van der Waals surface area contributed by atoms with Gasteiger partial charge in [0.2, 0.25) is 0 Å². The molecule has 1 saturated heterocycles. The molecule has 2 bridgehead atoms. The van der Waals surface area contributed by atoms with Gasteiger partial charge in [-0.3, -0.25) is 4.79 Å². The maximum atomic E-state index is 12.3. The lowest BCUT2D eigenvalue weighted by Gasteiger charge is -2.23. The first-order valence-electron chi connectivity index (χ1n) is 6.81. The van der Waals surface area contributed by atoms with E-state index in [9.17, 15) is 4.79 Å². The standard InChI is InChI=1S/C15H16N2O2/c18-15(17-13-7-12-5-11(13)8-16-12)10-2-1-9-3-4-19-14(9)6-10/h1-4,6,11-13,16H,5,7-8H2,(H,17,18)/t11-,12+,13+/m1/s1. The SMILES string of the molecule is O=C(N[C@H]1C[C@@H]2C[C@@H]1CN2)c1ccc2ccoc2c1. The van der Waals surface area contributed by atoms with Crippen LogP contribution in [0.15, 0.2) is 34.9 Å². The number of hydrogen-bond acceptors (Lipinski definition) is 3. The summed E-state index contributed by atoms with van der Waals surface area (Å²) in [5, 5.41) is 7.64. The first kappa shape index (κ1) is 11.1. The van der Waals surface area contributed by atoms with E-state index in [0.717, 1.165) is 23.9 Å². The molecule has 98 valence electrons. The number of amides is 1. The molecular weight excluding hydrogens is 240 g/mol. The average Bonchev–Trinajstić information content (AvgIpc) is 3.13. The molecule has 2 heterocycles. The third-order valence-corrected chi connectivity index (χ3v) is 4.40. The van der Waals surface area contributed by atoms with E-state index in [4.69, 9.17) is 4.42 Å². The molecule has 2 aromatic rings. The quantitative estimate of drug-likeness (QED) is 0.863. The van der Waals surface area contributed by atoms with Crippen molar-refractivity contribution in [1.29, 1.82) is 0 Å². The Bertz CT molecular complexity index is 634. The molecule has 19 heavy (non-hydrogen) atoms. The monoisotopic (exact) mass is 256 g/mol. The molecule has 2 aliphatic rings. The van der Waals surface area contributed by atoms with Crippen molar-refractivity contribution < 1.29 is 9.21 Å². The van der Waals surface area contributed by atoms with Gasteiger partial charge in [0, 0.05) is 29.6 Å². The van der Waals surface area contributed by atoms with Crippen LogP contribution in [0.3, 0.4) is 0 Å². The predicted octanol–water partition coefficient (Wildman–Crippen LogP) is 1.91. The normalized spacial score (nSPS) is 28.9. The molecule has 4 rings (SSSR count). The molecule has 1 amide bonds. The Morgan fingerprint density at radius 3 is 3.05 bits per heavy atom. The molecule has 0 radical (unpaired) electrons. The van der Waals surface area contributed by atoms with E-state index in [0.29, 0.717) is 23.6 Å². The van der Waals surface area contributed by atoms with Crippen LogP contribution < -0.4 is 10.6 Å². The zero-order chi connectivity index (χ0) is 12.8. The van der Waals surface area contributed by atoms with Gasteiger partial charge < -0.3 is 15.1 Å². The van der Waals surface area contributed by atoms with E-state index in [2.05, 4.69) is 10.6 Å². The number of rotatable bonds is 2. The van der Waals surface area contributed by atoms with Crippen molar-refractivity contribution in [3.05, 3.63) is 36.1 Å². The fourth-order valence-electron chi connectivity index (χ4n) is 3.36. The van der Waals surface area contributed by atoms with Gasteiger partial charge in [0.15, 0.2) is 0 Å². The largest absolute Gasteiger partial charge is 0.464 e. The summed E-state index contributed by atoms with van der Waals surface area (Å²) in [4.78, 5) is 12.3. The molecule has 1 aliphatic carbocycles. The maximum absolute atomic E-state index is 12.3. The molecule has 0 unspecified atom stereocenters. The van der Waals surface area contributed by atoms with Crippen molar-refractivity contribution in [3.63, 3.8) is 0 Å². The predicted molar refractivity (Wildman–Crippen MR) is 72.0 cm³/mol. The lowest BCUT2D eigenvalue weighted by atomic mass is 10.0. The number of benzene rings is 1. The van der Waals surface area contributed by atoms with Crippen LogP contribution in [-0.4, -0.2) is 24.5 Å². The van der Waals surface area contributed by atoms with Gasteiger partial charge in [-0.1, -0.05) is 6.07 Å². The zero-order valence-electron chi connectivity index (χ0n) is 10.6. The van der Waals surface area contributed by atoms with Gasteiger partial charge in [-0.2, -0.15) is 0 Å². The minimum atomic E-state index is 0.0100. The van der Waals surface area contributed by atoms with Crippen LogP contribution in [0.25, 0.3) is 11.0 Å². The van der Waals surface area contributed by atoms with Gasteiger partial charge in [-0.05, 0) is 37.0 Å². The Hall–Kier alpha value is -1.81. The molecule has 4 nitrogen and oxygen atoms in total. The second-order valence-electron chi connectivity index (χ2n) is 5.59. The first-order chi connectivity index (χ1) is 9.29. The van der Waals surface area contributed by atoms with Gasteiger partial charge in [-0.25, -0.2) is 0 Å². The van der Waals surface area contributed by atoms with E-state index in [1.807, 2.05) is 24.3 Å². The maximum Gasteiger partial charge on any atom is 0.251 e. The van der Waals surface area contributed by atoms with Crippen molar-refractivity contribution in [2.45, 2.75) is 24.9 Å². The Labute approximate surface area is 111 Å². The minimum Gasteiger partial charge on any atom is -0.464 e. The zero-order valence-corrected chi connectivity index (χ0v) is 10.6. The average molecular weight is 256 g/mol. The van der Waals surface area contributed by atoms with Crippen molar-refractivity contribution in [2.24, 2.45) is 5.92 Å². The highest BCUT2D eigenvalue weighted by Gasteiger charge is 2.40. The number of carbonyl (C=O) groups excluding carboxylic acids is 1. The highest BCUT2D eigenvalue weighted by Crippen LogP contribution is 2.31. The number of nitrogens with one attached hydrogen (secondary N) is 2. The molecule has 1 aromatic heterocycles. The van der Waals surface area contributed by atoms with Gasteiger partial charge in [-0.15, -0.1) is 0 Å². The number of hydrogen-bond donors (Lipinski definition) is 2. The summed E-state index contributed by atoms with van der Waals surface area (Å²) in [7, 11) is 0. The van der Waals surface area contributed by atoms with Crippen LogP contribution in [0.4, 0.5) is 0 Å². The molecule has 2 N–H and O–H groups in total. The van der Waals surface area contributed by atoms with Crippen LogP contribution in [0, 0.1) is 5.92 Å². The number of furan rings is 1. The topological polar surface area (TPSA) is 54.3 Å².